The highest BCUT2D eigenvalue weighted by molar-refractivity contribution is 7.80. The number of thiol groups is 1. The molecule has 2 aromatic carbocycles. The number of benzene rings is 2. The molecule has 2 aromatic rings. The van der Waals surface area contributed by atoms with E-state index in [4.69, 9.17) is 0 Å². The summed E-state index contributed by atoms with van der Waals surface area (Å²) in [6, 6.07) is 10.3. The first-order chi connectivity index (χ1) is 10.9. The van der Waals surface area contributed by atoms with Crippen molar-refractivity contribution in [1.29, 1.82) is 0 Å². The molecule has 132 valence electrons. The van der Waals surface area contributed by atoms with Crippen molar-refractivity contribution < 1.29 is 26.3 Å². The van der Waals surface area contributed by atoms with Gasteiger partial charge in [0.15, 0.2) is 0 Å². The Morgan fingerprint density at radius 2 is 1.17 bits per heavy atom. The van der Waals surface area contributed by atoms with Gasteiger partial charge in [-0.05, 0) is 41.8 Å². The standard InChI is InChI=1S/C9H12S.C8H4F6/c1-7(2)8-3-5-9(10)6-4-8;9-7(10,11)5-2-1-3-6(4-5)8(12,13)14/h3-7,10H,1-2H3;1-4H. The van der Waals surface area contributed by atoms with Crippen molar-refractivity contribution in [3.8, 4) is 0 Å². The lowest BCUT2D eigenvalue weighted by atomic mass is 10.0. The first kappa shape index (κ1) is 20.4. The number of halogens is 6. The Hall–Kier alpha value is -1.63. The van der Waals surface area contributed by atoms with Gasteiger partial charge in [0.25, 0.3) is 0 Å². The maximum Gasteiger partial charge on any atom is 0.416 e. The van der Waals surface area contributed by atoms with Crippen molar-refractivity contribution in [3.63, 3.8) is 0 Å². The van der Waals surface area contributed by atoms with E-state index in [1.807, 2.05) is 12.1 Å². The average molecular weight is 366 g/mol. The topological polar surface area (TPSA) is 0 Å². The summed E-state index contributed by atoms with van der Waals surface area (Å²) in [5.74, 6) is 0.619. The van der Waals surface area contributed by atoms with E-state index in [2.05, 4.69) is 38.6 Å². The van der Waals surface area contributed by atoms with Crippen LogP contribution < -0.4 is 0 Å². The molecule has 0 amide bonds. The van der Waals surface area contributed by atoms with Gasteiger partial charge in [-0.15, -0.1) is 12.6 Å². The average Bonchev–Trinajstić information content (AvgIpc) is 2.47. The molecule has 7 heteroatoms. The van der Waals surface area contributed by atoms with Crippen LogP contribution in [0.15, 0.2) is 53.4 Å². The fourth-order valence-corrected chi connectivity index (χ4v) is 1.88. The summed E-state index contributed by atoms with van der Waals surface area (Å²) in [5.41, 5.74) is -1.22. The minimum Gasteiger partial charge on any atom is -0.166 e. The van der Waals surface area contributed by atoms with Crippen molar-refractivity contribution in [2.24, 2.45) is 0 Å². The Balaban J connectivity index is 0.000000254. The van der Waals surface area contributed by atoms with Crippen molar-refractivity contribution >= 4 is 12.6 Å². The molecule has 0 atom stereocenters. The van der Waals surface area contributed by atoms with Crippen molar-refractivity contribution in [2.45, 2.75) is 37.0 Å². The second-order valence-corrected chi connectivity index (χ2v) is 5.84. The molecule has 0 radical (unpaired) electrons. The fourth-order valence-electron chi connectivity index (χ4n) is 1.73. The molecule has 0 saturated carbocycles. The van der Waals surface area contributed by atoms with Crippen LogP contribution in [0.3, 0.4) is 0 Å². The summed E-state index contributed by atoms with van der Waals surface area (Å²) >= 11 is 4.20. The van der Waals surface area contributed by atoms with Crippen LogP contribution in [-0.2, 0) is 12.4 Å². The van der Waals surface area contributed by atoms with Gasteiger partial charge in [-0.25, -0.2) is 0 Å². The zero-order valence-corrected chi connectivity index (χ0v) is 13.8. The molecule has 0 saturated heterocycles. The van der Waals surface area contributed by atoms with Gasteiger partial charge in [0.1, 0.15) is 0 Å². The first-order valence-corrected chi connectivity index (χ1v) is 7.39. The highest BCUT2D eigenvalue weighted by Gasteiger charge is 2.35. The molecule has 24 heavy (non-hydrogen) atoms. The van der Waals surface area contributed by atoms with Gasteiger partial charge in [-0.3, -0.25) is 0 Å². The Morgan fingerprint density at radius 1 is 0.750 bits per heavy atom. The number of rotatable bonds is 1. The monoisotopic (exact) mass is 366 g/mol. The molecular formula is C17H16F6S. The zero-order valence-electron chi connectivity index (χ0n) is 12.9. The predicted octanol–water partition coefficient (Wildman–Crippen LogP) is 6.82. The third kappa shape index (κ3) is 6.47. The summed E-state index contributed by atoms with van der Waals surface area (Å²) in [6.07, 6.45) is -9.50. The maximum absolute atomic E-state index is 12.0. The quantitative estimate of drug-likeness (QED) is 0.415. The molecule has 0 aliphatic rings. The van der Waals surface area contributed by atoms with E-state index >= 15 is 0 Å². The molecule has 0 unspecified atom stereocenters. The summed E-state index contributed by atoms with van der Waals surface area (Å²) in [5, 5.41) is 0. The van der Waals surface area contributed by atoms with Crippen LogP contribution in [0.4, 0.5) is 26.3 Å². The smallest absolute Gasteiger partial charge is 0.166 e. The molecule has 0 fully saturated rings. The fraction of sp³-hybridized carbons (Fsp3) is 0.294. The summed E-state index contributed by atoms with van der Waals surface area (Å²) in [6.45, 7) is 4.38. The Morgan fingerprint density at radius 3 is 1.50 bits per heavy atom. The molecular weight excluding hydrogens is 350 g/mol. The maximum atomic E-state index is 12.0. The minimum atomic E-state index is -4.75. The molecule has 0 aliphatic heterocycles. The number of hydrogen-bond acceptors (Lipinski definition) is 1. The van der Waals surface area contributed by atoms with E-state index in [9.17, 15) is 26.3 Å². The van der Waals surface area contributed by atoms with Gasteiger partial charge < -0.3 is 0 Å². The molecule has 0 aromatic heterocycles. The van der Waals surface area contributed by atoms with Gasteiger partial charge in [0.2, 0.25) is 0 Å². The van der Waals surface area contributed by atoms with Gasteiger partial charge in [0, 0.05) is 4.90 Å². The normalized spacial score (nSPS) is 11.9. The van der Waals surface area contributed by atoms with E-state index in [0.717, 1.165) is 11.0 Å². The van der Waals surface area contributed by atoms with Crippen LogP contribution >= 0.6 is 12.6 Å². The van der Waals surface area contributed by atoms with Crippen molar-refractivity contribution in [2.75, 3.05) is 0 Å². The molecule has 2 rings (SSSR count). The van der Waals surface area contributed by atoms with Gasteiger partial charge >= 0.3 is 12.4 Å². The molecule has 0 spiro atoms. The zero-order chi connectivity index (χ0) is 18.5. The SMILES string of the molecule is CC(C)c1ccc(S)cc1.FC(F)(F)c1cccc(C(F)(F)F)c1. The van der Waals surface area contributed by atoms with Gasteiger partial charge in [-0.1, -0.05) is 32.0 Å². The molecule has 0 aliphatic carbocycles. The first-order valence-electron chi connectivity index (χ1n) is 6.94. The van der Waals surface area contributed by atoms with Gasteiger partial charge in [0.05, 0.1) is 11.1 Å². The largest absolute Gasteiger partial charge is 0.416 e. The van der Waals surface area contributed by atoms with E-state index in [1.54, 1.807) is 0 Å². The molecule has 0 nitrogen and oxygen atoms in total. The third-order valence-corrected chi connectivity index (χ3v) is 3.38. The minimum absolute atomic E-state index is 0.0833. The van der Waals surface area contributed by atoms with Crippen LogP contribution in [0.1, 0.15) is 36.5 Å². The lowest BCUT2D eigenvalue weighted by Crippen LogP contribution is -2.09. The van der Waals surface area contributed by atoms with Crippen LogP contribution in [0.25, 0.3) is 0 Å². The van der Waals surface area contributed by atoms with Crippen LogP contribution in [0.5, 0.6) is 0 Å². The van der Waals surface area contributed by atoms with Crippen molar-refractivity contribution in [3.05, 3.63) is 65.2 Å². The van der Waals surface area contributed by atoms with Gasteiger partial charge in [-0.2, -0.15) is 26.3 Å². The number of alkyl halides is 6. The summed E-state index contributed by atoms with van der Waals surface area (Å²) < 4.78 is 71.9. The Labute approximate surface area is 141 Å². The molecule has 0 heterocycles. The van der Waals surface area contributed by atoms with Crippen LogP contribution in [0.2, 0.25) is 0 Å². The Kier molecular flexibility index (Phi) is 6.77. The Bertz CT molecular complexity index is 612. The van der Waals surface area contributed by atoms with Crippen LogP contribution in [-0.4, -0.2) is 0 Å². The lowest BCUT2D eigenvalue weighted by Gasteiger charge is -2.10. The second-order valence-electron chi connectivity index (χ2n) is 5.32. The van der Waals surface area contributed by atoms with E-state index in [-0.39, 0.29) is 6.07 Å². The second kappa shape index (κ2) is 7.96. The third-order valence-electron chi connectivity index (χ3n) is 3.08. The summed E-state index contributed by atoms with van der Waals surface area (Å²) in [4.78, 5) is 1.03. The van der Waals surface area contributed by atoms with Crippen molar-refractivity contribution in [1.82, 2.24) is 0 Å². The highest BCUT2D eigenvalue weighted by Crippen LogP contribution is 2.34. The molecule has 0 bridgehead atoms. The van der Waals surface area contributed by atoms with E-state index < -0.39 is 23.5 Å². The van der Waals surface area contributed by atoms with E-state index in [1.165, 1.54) is 5.56 Å². The lowest BCUT2D eigenvalue weighted by molar-refractivity contribution is -0.143. The number of hydrogen-bond donors (Lipinski definition) is 1. The highest BCUT2D eigenvalue weighted by atomic mass is 32.1. The summed E-state index contributed by atoms with van der Waals surface area (Å²) in [7, 11) is 0. The van der Waals surface area contributed by atoms with Crippen LogP contribution in [0, 0.1) is 0 Å². The predicted molar refractivity (Wildman–Crippen MR) is 84.2 cm³/mol. The molecule has 0 N–H and O–H groups in total. The van der Waals surface area contributed by atoms with E-state index in [0.29, 0.717) is 18.1 Å².